The van der Waals surface area contributed by atoms with Crippen molar-refractivity contribution < 1.29 is 9.53 Å². The van der Waals surface area contributed by atoms with Crippen LogP contribution in [0.1, 0.15) is 29.3 Å². The van der Waals surface area contributed by atoms with Gasteiger partial charge in [0.2, 0.25) is 0 Å². The van der Waals surface area contributed by atoms with Gasteiger partial charge in [-0.25, -0.2) is 0 Å². The minimum atomic E-state index is -0.196. The maximum Gasteiger partial charge on any atom is 0.262 e. The highest BCUT2D eigenvalue weighted by molar-refractivity contribution is 6.06. The number of methoxy groups -OCH3 is 1. The molecule has 3 aromatic carbocycles. The molecule has 0 aliphatic rings. The number of hydrogen-bond donors (Lipinski definition) is 1. The minimum absolute atomic E-state index is 0.0151. The molecule has 0 spiro atoms. The smallest absolute Gasteiger partial charge is 0.262 e. The maximum absolute atomic E-state index is 13.2. The summed E-state index contributed by atoms with van der Waals surface area (Å²) < 4.78 is 6.81. The summed E-state index contributed by atoms with van der Waals surface area (Å²) in [5.74, 6) is 0.446. The van der Waals surface area contributed by atoms with Crippen LogP contribution in [0.25, 0.3) is 16.5 Å². The number of hydrogen-bond acceptors (Lipinski definition) is 3. The van der Waals surface area contributed by atoms with Crippen LogP contribution in [0.5, 0.6) is 5.75 Å². The number of nitrogens with zero attached hydrogens (tertiary/aromatic N) is 1. The summed E-state index contributed by atoms with van der Waals surface area (Å²) in [6, 6.07) is 24.7. The van der Waals surface area contributed by atoms with Gasteiger partial charge in [0, 0.05) is 29.1 Å². The van der Waals surface area contributed by atoms with Crippen molar-refractivity contribution in [3.05, 3.63) is 107 Å². The molecule has 0 aliphatic carbocycles. The maximum atomic E-state index is 13.2. The topological polar surface area (TPSA) is 60.3 Å². The lowest BCUT2D eigenvalue weighted by molar-refractivity contribution is 0.0939. The van der Waals surface area contributed by atoms with Crippen molar-refractivity contribution >= 4 is 16.7 Å². The van der Waals surface area contributed by atoms with Crippen LogP contribution in [0.4, 0.5) is 0 Å². The molecule has 0 bridgehead atoms. The molecule has 0 saturated carbocycles. The van der Waals surface area contributed by atoms with Crippen molar-refractivity contribution in [2.24, 2.45) is 0 Å². The van der Waals surface area contributed by atoms with Gasteiger partial charge in [-0.1, -0.05) is 54.6 Å². The summed E-state index contributed by atoms with van der Waals surface area (Å²) in [6.45, 7) is 2.00. The number of benzene rings is 3. The van der Waals surface area contributed by atoms with Crippen LogP contribution in [0, 0.1) is 0 Å². The summed E-state index contributed by atoms with van der Waals surface area (Å²) in [7, 11) is 1.58. The predicted octanol–water partition coefficient (Wildman–Crippen LogP) is 4.75. The van der Waals surface area contributed by atoms with Gasteiger partial charge >= 0.3 is 0 Å². The molecule has 1 N–H and O–H groups in total. The highest BCUT2D eigenvalue weighted by Crippen LogP contribution is 2.20. The van der Waals surface area contributed by atoms with Crippen molar-refractivity contribution in [2.75, 3.05) is 7.11 Å². The Morgan fingerprint density at radius 1 is 0.969 bits per heavy atom. The van der Waals surface area contributed by atoms with Gasteiger partial charge in [-0.2, -0.15) is 0 Å². The molecule has 0 radical (unpaired) electrons. The van der Waals surface area contributed by atoms with Gasteiger partial charge in [0.25, 0.3) is 11.5 Å². The van der Waals surface area contributed by atoms with Crippen molar-refractivity contribution in [3.63, 3.8) is 0 Å². The number of nitrogens with one attached hydrogen (secondary N) is 1. The Labute approximate surface area is 187 Å². The fraction of sp³-hybridized carbons (Fsp3) is 0.185. The van der Waals surface area contributed by atoms with Crippen molar-refractivity contribution in [1.82, 2.24) is 9.88 Å². The molecule has 1 heterocycles. The average Bonchev–Trinajstić information content (AvgIpc) is 2.83. The first kappa shape index (κ1) is 21.4. The number of aromatic nitrogens is 1. The van der Waals surface area contributed by atoms with E-state index in [2.05, 4.69) is 17.4 Å². The van der Waals surface area contributed by atoms with Crippen molar-refractivity contribution in [2.45, 2.75) is 25.8 Å². The third-order valence-electron chi connectivity index (χ3n) is 5.59. The second-order valence-electron chi connectivity index (χ2n) is 7.86. The number of amides is 1. The molecular formula is C27H26N2O3. The molecule has 5 nitrogen and oxygen atoms in total. The van der Waals surface area contributed by atoms with E-state index in [0.29, 0.717) is 27.8 Å². The van der Waals surface area contributed by atoms with Gasteiger partial charge in [0.1, 0.15) is 5.75 Å². The van der Waals surface area contributed by atoms with Crippen LogP contribution < -0.4 is 15.6 Å². The van der Waals surface area contributed by atoms with E-state index < -0.39 is 0 Å². The van der Waals surface area contributed by atoms with E-state index in [0.717, 1.165) is 12.8 Å². The summed E-state index contributed by atoms with van der Waals surface area (Å²) >= 11 is 0. The molecule has 0 aliphatic heterocycles. The third kappa shape index (κ3) is 4.57. The Hall–Kier alpha value is -3.86. The van der Waals surface area contributed by atoms with E-state index in [-0.39, 0.29) is 17.5 Å². The molecule has 1 unspecified atom stereocenters. The number of carbonyl (C=O) groups is 1. The summed E-state index contributed by atoms with van der Waals surface area (Å²) in [4.78, 5) is 26.4. The highest BCUT2D eigenvalue weighted by atomic mass is 16.5. The van der Waals surface area contributed by atoms with E-state index >= 15 is 0 Å². The van der Waals surface area contributed by atoms with Crippen LogP contribution in [0.15, 0.2) is 89.9 Å². The Bertz CT molecular complexity index is 1300. The normalized spacial score (nSPS) is 11.8. The largest absolute Gasteiger partial charge is 0.497 e. The van der Waals surface area contributed by atoms with E-state index in [4.69, 9.17) is 4.74 Å². The van der Waals surface area contributed by atoms with E-state index in [1.54, 1.807) is 25.4 Å². The van der Waals surface area contributed by atoms with Gasteiger partial charge in [-0.05, 0) is 43.5 Å². The number of fused-ring (bicyclic) bond motifs is 1. The minimum Gasteiger partial charge on any atom is -0.497 e. The molecule has 4 aromatic rings. The van der Waals surface area contributed by atoms with Crippen molar-refractivity contribution in [1.29, 1.82) is 0 Å². The standard InChI is InChI=1S/C27H26N2O3/c1-19(15-16-20-9-4-3-5-10-20)28-26(30)25-18-29(21-11-8-12-22(17-21)32-2)27(31)24-14-7-6-13-23(24)25/h3-14,17-19H,15-16H2,1-2H3,(H,28,30). The van der Waals surface area contributed by atoms with Gasteiger partial charge < -0.3 is 10.1 Å². The molecule has 1 amide bonds. The quantitative estimate of drug-likeness (QED) is 0.464. The Morgan fingerprint density at radius 3 is 2.44 bits per heavy atom. The van der Waals surface area contributed by atoms with Crippen LogP contribution in [0.2, 0.25) is 0 Å². The first-order chi connectivity index (χ1) is 15.6. The first-order valence-electron chi connectivity index (χ1n) is 10.7. The number of pyridine rings is 1. The van der Waals surface area contributed by atoms with Crippen LogP contribution in [-0.4, -0.2) is 23.6 Å². The second kappa shape index (κ2) is 9.52. The molecule has 1 aromatic heterocycles. The fourth-order valence-corrected chi connectivity index (χ4v) is 3.83. The number of aryl methyl sites for hydroxylation is 1. The predicted molar refractivity (Wildman–Crippen MR) is 128 cm³/mol. The van der Waals surface area contributed by atoms with Crippen LogP contribution >= 0.6 is 0 Å². The molecule has 32 heavy (non-hydrogen) atoms. The Balaban J connectivity index is 1.66. The van der Waals surface area contributed by atoms with E-state index in [1.807, 2.05) is 61.5 Å². The lowest BCUT2D eigenvalue weighted by atomic mass is 10.0. The molecule has 1 atom stereocenters. The van der Waals surface area contributed by atoms with E-state index in [1.165, 1.54) is 10.1 Å². The monoisotopic (exact) mass is 426 g/mol. The van der Waals surface area contributed by atoms with Gasteiger partial charge in [0.05, 0.1) is 18.4 Å². The molecule has 0 fully saturated rings. The van der Waals surface area contributed by atoms with Crippen LogP contribution in [-0.2, 0) is 6.42 Å². The molecule has 5 heteroatoms. The summed E-state index contributed by atoms with van der Waals surface area (Å²) in [5, 5.41) is 4.24. The van der Waals surface area contributed by atoms with Crippen molar-refractivity contribution in [3.8, 4) is 11.4 Å². The number of carbonyl (C=O) groups excluding carboxylic acids is 1. The lowest BCUT2D eigenvalue weighted by Gasteiger charge is -2.17. The highest BCUT2D eigenvalue weighted by Gasteiger charge is 2.17. The average molecular weight is 427 g/mol. The van der Waals surface area contributed by atoms with Gasteiger partial charge in [-0.15, -0.1) is 0 Å². The fourth-order valence-electron chi connectivity index (χ4n) is 3.83. The van der Waals surface area contributed by atoms with Gasteiger partial charge in [-0.3, -0.25) is 14.2 Å². The summed E-state index contributed by atoms with van der Waals surface area (Å²) in [5.41, 5.74) is 2.18. The zero-order valence-corrected chi connectivity index (χ0v) is 18.2. The van der Waals surface area contributed by atoms with E-state index in [9.17, 15) is 9.59 Å². The zero-order chi connectivity index (χ0) is 22.5. The third-order valence-corrected chi connectivity index (χ3v) is 5.59. The first-order valence-corrected chi connectivity index (χ1v) is 10.7. The molecule has 4 rings (SSSR count). The molecular weight excluding hydrogens is 400 g/mol. The number of rotatable bonds is 7. The lowest BCUT2D eigenvalue weighted by Crippen LogP contribution is -2.34. The Morgan fingerprint density at radius 2 is 1.69 bits per heavy atom. The zero-order valence-electron chi connectivity index (χ0n) is 18.2. The van der Waals surface area contributed by atoms with Gasteiger partial charge in [0.15, 0.2) is 0 Å². The SMILES string of the molecule is COc1cccc(-n2cc(C(=O)NC(C)CCc3ccccc3)c3ccccc3c2=O)c1. The molecule has 0 saturated heterocycles. The second-order valence-corrected chi connectivity index (χ2v) is 7.86. The van der Waals surface area contributed by atoms with Crippen LogP contribution in [0.3, 0.4) is 0 Å². The summed E-state index contributed by atoms with van der Waals surface area (Å²) in [6.07, 6.45) is 3.33. The molecule has 162 valence electrons. The number of ether oxygens (including phenoxy) is 1. The Kier molecular flexibility index (Phi) is 6.36.